The Kier molecular flexibility index (Phi) is 39.5. The average Bonchev–Trinajstić information content (AvgIpc) is 1.04. The van der Waals surface area contributed by atoms with Crippen molar-refractivity contribution >= 4 is 67.0 Å². The van der Waals surface area contributed by atoms with Crippen molar-refractivity contribution in [1.82, 2.24) is 30.7 Å². The smallest absolute Gasteiger partial charge is 0.326 e. The molecule has 0 aromatic rings. The minimum absolute atomic E-state index is 0.143. The molecule has 3 aliphatic heterocycles. The number of ether oxygens (including phenoxy) is 3. The molecule has 0 bridgehead atoms. The number of nitrogens with one attached hydrogen (secondary N) is 6. The number of rotatable bonds is 0. The van der Waals surface area contributed by atoms with E-state index in [1.807, 2.05) is 0 Å². The monoisotopic (exact) mass is 1240 g/mol. The molecule has 0 unspecified atom stereocenters. The lowest BCUT2D eigenvalue weighted by molar-refractivity contribution is -0.161. The Labute approximate surface area is 533 Å². The van der Waals surface area contributed by atoms with Gasteiger partial charge >= 0.3 is 11.9 Å². The Morgan fingerprint density at radius 1 is 0.402 bits per heavy atom. The molecule has 3 amide bonds. The van der Waals surface area contributed by atoms with Gasteiger partial charge in [0.25, 0.3) is 19.4 Å². The maximum atomic E-state index is 12.6. The molecule has 500 valence electrons. The standard InChI is InChI=1S/C23H43N3O2.2C19H33N3O3.3CH2O2/c1-21-20-26(2)23(24)25-22(27)18-16-14-12-10-8-6-4-3-5-7-9-11-13-15-17-19-28-21;2*1-22-15-17(24)25-19(13-9-10-14-19)12-8-6-4-2-3-5-7-11-16(23)21-18(22)20;3*2-1-3/h1,3-20H2,2H3,(H2,24,25,27);2*2-15H2,1H3,(H2,20,21,23);3*1H,(H,2,3)/i2D3;2*1D3;;;. The highest BCUT2D eigenvalue weighted by Crippen LogP contribution is 2.39. The van der Waals surface area contributed by atoms with Crippen molar-refractivity contribution < 1.29 is 80.2 Å². The SMILES string of the molecule is O=CO.O=CO.O=CO.[2H]C([2H])([2H])N1CC(=C)OCCCCCCCCCCCCCCCCCC(=O)NC1=N.[2H]C([2H])([2H])N1CC(=O)OC2(CCCCCCCCCC(=O)NC1=N)CCCC2.[2H]C([2H])([2H])N1CC(=O)OC2(CCCCCCCCCC(=O)NC1=N)CCCC2. The Morgan fingerprint density at radius 3 is 0.885 bits per heavy atom. The minimum atomic E-state index is -2.71. The summed E-state index contributed by atoms with van der Waals surface area (Å²) in [4.78, 5) is 88.5. The van der Waals surface area contributed by atoms with E-state index in [1.54, 1.807) is 0 Å². The number of amides is 3. The van der Waals surface area contributed by atoms with E-state index in [4.69, 9.17) is 72.5 Å². The number of esters is 2. The first-order valence-electron chi connectivity index (χ1n) is 36.4. The van der Waals surface area contributed by atoms with Gasteiger partial charge in [0.05, 0.1) is 13.2 Å². The van der Waals surface area contributed by atoms with Gasteiger partial charge in [-0.15, -0.1) is 0 Å². The Bertz CT molecular complexity index is 2180. The van der Waals surface area contributed by atoms with Crippen LogP contribution in [0.3, 0.4) is 0 Å². The van der Waals surface area contributed by atoms with Crippen LogP contribution in [-0.4, -0.2) is 155 Å². The van der Waals surface area contributed by atoms with Crippen molar-refractivity contribution in [2.75, 3.05) is 47.2 Å². The molecule has 9 N–H and O–H groups in total. The fourth-order valence-corrected chi connectivity index (χ4v) is 11.0. The topological polar surface area (TPSA) is 342 Å². The Balaban J connectivity index is 0.00000132. The zero-order valence-electron chi connectivity index (χ0n) is 61.1. The Morgan fingerprint density at radius 2 is 0.621 bits per heavy atom. The molecule has 23 nitrogen and oxygen atoms in total. The van der Waals surface area contributed by atoms with Crippen LogP contribution < -0.4 is 16.0 Å². The number of likely N-dealkylation sites (N-methyl/N-ethyl adjacent to an activating group) is 3. The fourth-order valence-electron chi connectivity index (χ4n) is 11.0. The molecule has 5 fully saturated rings. The average molecular weight is 1240 g/mol. The van der Waals surface area contributed by atoms with Gasteiger partial charge in [0.15, 0.2) is 17.9 Å². The predicted molar refractivity (Wildman–Crippen MR) is 338 cm³/mol. The normalized spacial score (nSPS) is 23.7. The molecule has 87 heavy (non-hydrogen) atoms. The lowest BCUT2D eigenvalue weighted by Gasteiger charge is -2.30. The highest BCUT2D eigenvalue weighted by atomic mass is 16.6. The van der Waals surface area contributed by atoms with Crippen molar-refractivity contribution in [3.8, 4) is 0 Å². The highest BCUT2D eigenvalue weighted by molar-refractivity contribution is 5.97. The molecule has 0 radical (unpaired) electrons. The van der Waals surface area contributed by atoms with Gasteiger partial charge in [-0.3, -0.25) is 70.5 Å². The summed E-state index contributed by atoms with van der Waals surface area (Å²) >= 11 is 0. The van der Waals surface area contributed by atoms with E-state index in [0.29, 0.717) is 41.4 Å². The Hall–Kier alpha value is -6.29. The second-order valence-electron chi connectivity index (χ2n) is 22.9. The fraction of sp³-hybridized carbons (Fsp3) is 0.797. The first-order chi connectivity index (χ1) is 45.5. The van der Waals surface area contributed by atoms with Crippen LogP contribution in [0.2, 0.25) is 0 Å². The van der Waals surface area contributed by atoms with E-state index in [2.05, 4.69) is 22.5 Å². The summed E-state index contributed by atoms with van der Waals surface area (Å²) in [5.74, 6) is -3.71. The zero-order valence-corrected chi connectivity index (χ0v) is 52.1. The summed E-state index contributed by atoms with van der Waals surface area (Å²) in [5.41, 5.74) is -1.01. The van der Waals surface area contributed by atoms with Crippen LogP contribution in [0.25, 0.3) is 0 Å². The molecule has 5 aliphatic rings. The van der Waals surface area contributed by atoms with Crippen LogP contribution in [0.15, 0.2) is 12.3 Å². The van der Waals surface area contributed by atoms with Crippen molar-refractivity contribution in [2.24, 2.45) is 0 Å². The van der Waals surface area contributed by atoms with Crippen LogP contribution >= 0.6 is 0 Å². The summed E-state index contributed by atoms with van der Waals surface area (Å²) in [6.45, 7) is -5.73. The van der Waals surface area contributed by atoms with Gasteiger partial charge in [0, 0.05) is 52.5 Å². The molecular formula is C64H115N9O14. The lowest BCUT2D eigenvalue weighted by atomic mass is 9.93. The third-order valence-electron chi connectivity index (χ3n) is 15.6. The lowest BCUT2D eigenvalue weighted by Crippen LogP contribution is -2.45. The summed E-state index contributed by atoms with van der Waals surface area (Å²) in [5, 5.41) is 51.8. The van der Waals surface area contributed by atoms with Crippen molar-refractivity contribution in [2.45, 2.75) is 281 Å². The van der Waals surface area contributed by atoms with Crippen LogP contribution in [0, 0.1) is 16.2 Å². The summed E-state index contributed by atoms with van der Waals surface area (Å²) in [6, 6.07) is 0. The van der Waals surface area contributed by atoms with Gasteiger partial charge in [0.2, 0.25) is 17.7 Å². The number of carbonyl (C=O) groups is 8. The third-order valence-corrected chi connectivity index (χ3v) is 15.6. The maximum absolute atomic E-state index is 12.6. The van der Waals surface area contributed by atoms with Crippen LogP contribution in [-0.2, 0) is 52.6 Å². The van der Waals surface area contributed by atoms with E-state index in [9.17, 15) is 24.0 Å². The van der Waals surface area contributed by atoms with Crippen LogP contribution in [0.1, 0.15) is 282 Å². The second-order valence-corrected chi connectivity index (χ2v) is 22.9. The van der Waals surface area contributed by atoms with Gasteiger partial charge in [-0.1, -0.05) is 154 Å². The number of carbonyl (C=O) groups excluding carboxylic acids is 5. The molecule has 5 rings (SSSR count). The zero-order chi connectivity index (χ0) is 72.3. The summed E-state index contributed by atoms with van der Waals surface area (Å²) < 4.78 is 86.0. The molecule has 3 heterocycles. The molecule has 23 heteroatoms. The van der Waals surface area contributed by atoms with Gasteiger partial charge in [-0.2, -0.15) is 0 Å². The molecule has 2 aliphatic carbocycles. The first-order valence-corrected chi connectivity index (χ1v) is 31.9. The first kappa shape index (κ1) is 65.2. The van der Waals surface area contributed by atoms with E-state index >= 15 is 0 Å². The van der Waals surface area contributed by atoms with E-state index in [-0.39, 0.29) is 44.7 Å². The van der Waals surface area contributed by atoms with Gasteiger partial charge < -0.3 is 44.2 Å². The minimum Gasteiger partial charge on any atom is -0.497 e. The molecule has 2 spiro atoms. The number of hydrogen-bond donors (Lipinski definition) is 9. The summed E-state index contributed by atoms with van der Waals surface area (Å²) in [6.07, 6.45) is 41.4. The van der Waals surface area contributed by atoms with Crippen molar-refractivity contribution in [1.29, 1.82) is 16.2 Å². The molecule has 3 saturated heterocycles. The van der Waals surface area contributed by atoms with E-state index < -0.39 is 86.9 Å². The van der Waals surface area contributed by atoms with Gasteiger partial charge in [0.1, 0.15) is 30.1 Å². The second kappa shape index (κ2) is 52.8. The van der Waals surface area contributed by atoms with Crippen LogP contribution in [0.4, 0.5) is 0 Å². The molecule has 0 atom stereocenters. The van der Waals surface area contributed by atoms with E-state index in [0.717, 1.165) is 178 Å². The number of carboxylic acid groups (broad SMARTS) is 3. The van der Waals surface area contributed by atoms with Crippen molar-refractivity contribution in [3.05, 3.63) is 12.3 Å². The molecule has 0 aromatic carbocycles. The van der Waals surface area contributed by atoms with Crippen LogP contribution in [0.5, 0.6) is 0 Å². The molecule has 2 saturated carbocycles. The highest BCUT2D eigenvalue weighted by Gasteiger charge is 2.38. The number of nitrogens with zero attached hydrogens (tertiary/aromatic N) is 3. The third kappa shape index (κ3) is 43.9. The summed E-state index contributed by atoms with van der Waals surface area (Å²) in [7, 11) is 0. The maximum Gasteiger partial charge on any atom is 0.326 e. The quantitative estimate of drug-likeness (QED) is 0.0804. The predicted octanol–water partition coefficient (Wildman–Crippen LogP) is 11.6. The molecule has 0 aromatic heterocycles. The number of hydrogen-bond acceptors (Lipinski definition) is 14. The van der Waals surface area contributed by atoms with Gasteiger partial charge in [-0.05, 0) is 103 Å². The van der Waals surface area contributed by atoms with E-state index in [1.165, 1.54) is 64.2 Å². The molecular weight excluding hydrogens is 1120 g/mol. The van der Waals surface area contributed by atoms with Crippen molar-refractivity contribution in [3.63, 3.8) is 0 Å². The largest absolute Gasteiger partial charge is 0.497 e. The number of guanidine groups is 3. The van der Waals surface area contributed by atoms with Gasteiger partial charge in [-0.25, -0.2) is 0 Å².